The minimum absolute atomic E-state index is 0.0243. The molecule has 1 saturated heterocycles. The molecule has 0 aromatic carbocycles. The summed E-state index contributed by atoms with van der Waals surface area (Å²) in [5.41, 5.74) is 0.0243. The number of nitrogens with zero attached hydrogens (tertiary/aromatic N) is 1. The van der Waals surface area contributed by atoms with E-state index in [9.17, 15) is 0 Å². The number of hydrogen-bond donors (Lipinski definition) is 1. The summed E-state index contributed by atoms with van der Waals surface area (Å²) in [6, 6.07) is 0.674. The van der Waals surface area contributed by atoms with Crippen LogP contribution in [0.25, 0.3) is 0 Å². The molecule has 1 aliphatic heterocycles. The van der Waals surface area contributed by atoms with Crippen molar-refractivity contribution >= 4 is 0 Å². The van der Waals surface area contributed by atoms with Gasteiger partial charge in [-0.3, -0.25) is 4.90 Å². The minimum atomic E-state index is 0.0243. The maximum atomic E-state index is 5.77. The fourth-order valence-corrected chi connectivity index (χ4v) is 2.42. The molecule has 0 aromatic heterocycles. The first kappa shape index (κ1) is 13.9. The Labute approximate surface area is 101 Å². The van der Waals surface area contributed by atoms with Crippen LogP contribution in [0.1, 0.15) is 40.5 Å². The molecule has 1 rings (SSSR count). The van der Waals surface area contributed by atoms with Crippen molar-refractivity contribution in [1.82, 2.24) is 10.2 Å². The first-order chi connectivity index (χ1) is 7.59. The van der Waals surface area contributed by atoms with Crippen LogP contribution in [0.4, 0.5) is 0 Å². The van der Waals surface area contributed by atoms with E-state index in [4.69, 9.17) is 4.74 Å². The van der Waals surface area contributed by atoms with Crippen LogP contribution < -0.4 is 5.32 Å². The molecule has 1 N–H and O–H groups in total. The predicted molar refractivity (Wildman–Crippen MR) is 68.8 cm³/mol. The zero-order valence-corrected chi connectivity index (χ0v) is 11.4. The van der Waals surface area contributed by atoms with Crippen LogP contribution in [0.2, 0.25) is 0 Å². The van der Waals surface area contributed by atoms with E-state index in [1.165, 1.54) is 12.8 Å². The van der Waals surface area contributed by atoms with E-state index >= 15 is 0 Å². The van der Waals surface area contributed by atoms with Gasteiger partial charge in [0.1, 0.15) is 0 Å². The van der Waals surface area contributed by atoms with Gasteiger partial charge in [-0.1, -0.05) is 20.3 Å². The second-order valence-corrected chi connectivity index (χ2v) is 5.33. The van der Waals surface area contributed by atoms with Gasteiger partial charge in [0.05, 0.1) is 12.2 Å². The molecule has 16 heavy (non-hydrogen) atoms. The molecule has 3 nitrogen and oxygen atoms in total. The van der Waals surface area contributed by atoms with Crippen LogP contribution in [0, 0.1) is 0 Å². The Morgan fingerprint density at radius 1 is 1.38 bits per heavy atom. The second-order valence-electron chi connectivity index (χ2n) is 5.33. The summed E-state index contributed by atoms with van der Waals surface area (Å²) in [5, 5.41) is 3.48. The van der Waals surface area contributed by atoms with Gasteiger partial charge in [0.15, 0.2) is 0 Å². The van der Waals surface area contributed by atoms with Crippen molar-refractivity contribution in [2.45, 2.75) is 52.2 Å². The highest BCUT2D eigenvalue weighted by Gasteiger charge is 2.30. The van der Waals surface area contributed by atoms with Crippen molar-refractivity contribution < 1.29 is 4.74 Å². The first-order valence-electron chi connectivity index (χ1n) is 6.67. The summed E-state index contributed by atoms with van der Waals surface area (Å²) in [4.78, 5) is 2.59. The molecule has 0 amide bonds. The second kappa shape index (κ2) is 6.58. The van der Waals surface area contributed by atoms with Crippen LogP contribution in [0.5, 0.6) is 0 Å². The van der Waals surface area contributed by atoms with Crippen LogP contribution in [-0.2, 0) is 4.74 Å². The molecular formula is C13H28N2O. The Morgan fingerprint density at radius 3 is 2.69 bits per heavy atom. The normalized spacial score (nSPS) is 23.2. The molecular weight excluding hydrogens is 200 g/mol. The molecule has 1 unspecified atom stereocenters. The zero-order valence-electron chi connectivity index (χ0n) is 11.4. The molecule has 1 fully saturated rings. The fourth-order valence-electron chi connectivity index (χ4n) is 2.42. The van der Waals surface area contributed by atoms with Crippen molar-refractivity contribution in [2.24, 2.45) is 0 Å². The molecule has 0 radical (unpaired) electrons. The van der Waals surface area contributed by atoms with Crippen LogP contribution in [0.3, 0.4) is 0 Å². The van der Waals surface area contributed by atoms with Crippen LogP contribution >= 0.6 is 0 Å². The molecule has 96 valence electrons. The van der Waals surface area contributed by atoms with Crippen molar-refractivity contribution in [3.05, 3.63) is 0 Å². The minimum Gasteiger partial charge on any atom is -0.373 e. The number of morpholine rings is 1. The molecule has 1 aliphatic rings. The van der Waals surface area contributed by atoms with E-state index < -0.39 is 0 Å². The van der Waals surface area contributed by atoms with E-state index in [-0.39, 0.29) is 5.60 Å². The van der Waals surface area contributed by atoms with Crippen LogP contribution in [0.15, 0.2) is 0 Å². The van der Waals surface area contributed by atoms with Gasteiger partial charge in [-0.25, -0.2) is 0 Å². The standard InChI is InChI=1S/C13H28N2O/c1-5-7-12(10-14-6-2)15-8-9-16-13(3,4)11-15/h12,14H,5-11H2,1-4H3. The molecule has 0 aliphatic carbocycles. The summed E-state index contributed by atoms with van der Waals surface area (Å²) >= 11 is 0. The number of nitrogens with one attached hydrogen (secondary N) is 1. The van der Waals surface area contributed by atoms with E-state index in [1.54, 1.807) is 0 Å². The van der Waals surface area contributed by atoms with Gasteiger partial charge >= 0.3 is 0 Å². The highest BCUT2D eigenvalue weighted by molar-refractivity contribution is 4.84. The molecule has 0 aromatic rings. The molecule has 0 saturated carbocycles. The Bertz CT molecular complexity index is 194. The third-order valence-corrected chi connectivity index (χ3v) is 3.22. The van der Waals surface area contributed by atoms with E-state index in [2.05, 4.69) is 37.9 Å². The molecule has 0 bridgehead atoms. The third kappa shape index (κ3) is 4.40. The van der Waals surface area contributed by atoms with Gasteiger partial charge in [0, 0.05) is 25.7 Å². The highest BCUT2D eigenvalue weighted by atomic mass is 16.5. The summed E-state index contributed by atoms with van der Waals surface area (Å²) in [5.74, 6) is 0. The van der Waals surface area contributed by atoms with Crippen molar-refractivity contribution in [1.29, 1.82) is 0 Å². The lowest BCUT2D eigenvalue weighted by Gasteiger charge is -2.42. The zero-order chi connectivity index (χ0) is 12.0. The summed E-state index contributed by atoms with van der Waals surface area (Å²) < 4.78 is 5.77. The van der Waals surface area contributed by atoms with E-state index in [1.807, 2.05) is 0 Å². The summed E-state index contributed by atoms with van der Waals surface area (Å²) in [7, 11) is 0. The lowest BCUT2D eigenvalue weighted by atomic mass is 10.0. The number of hydrogen-bond acceptors (Lipinski definition) is 3. The highest BCUT2D eigenvalue weighted by Crippen LogP contribution is 2.19. The average molecular weight is 228 g/mol. The van der Waals surface area contributed by atoms with Gasteiger partial charge in [0.2, 0.25) is 0 Å². The molecule has 0 spiro atoms. The predicted octanol–water partition coefficient (Wildman–Crippen LogP) is 1.88. The SMILES string of the molecule is CCCC(CNCC)N1CCOC(C)(C)C1. The Balaban J connectivity index is 2.48. The fraction of sp³-hybridized carbons (Fsp3) is 1.00. The quantitative estimate of drug-likeness (QED) is 0.751. The Morgan fingerprint density at radius 2 is 2.12 bits per heavy atom. The largest absolute Gasteiger partial charge is 0.373 e. The maximum Gasteiger partial charge on any atom is 0.0753 e. The average Bonchev–Trinajstić information content (AvgIpc) is 2.22. The lowest BCUT2D eigenvalue weighted by Crippen LogP contribution is -2.54. The van der Waals surface area contributed by atoms with Crippen LogP contribution in [-0.4, -0.2) is 49.3 Å². The van der Waals surface area contributed by atoms with E-state index in [0.29, 0.717) is 6.04 Å². The topological polar surface area (TPSA) is 24.5 Å². The number of likely N-dealkylation sites (N-methyl/N-ethyl adjacent to an activating group) is 1. The van der Waals surface area contributed by atoms with Gasteiger partial charge in [-0.15, -0.1) is 0 Å². The maximum absolute atomic E-state index is 5.77. The number of ether oxygens (including phenoxy) is 1. The first-order valence-corrected chi connectivity index (χ1v) is 6.67. The molecule has 3 heteroatoms. The third-order valence-electron chi connectivity index (χ3n) is 3.22. The number of rotatable bonds is 6. The van der Waals surface area contributed by atoms with Crippen molar-refractivity contribution in [2.75, 3.05) is 32.8 Å². The van der Waals surface area contributed by atoms with Gasteiger partial charge in [-0.2, -0.15) is 0 Å². The summed E-state index contributed by atoms with van der Waals surface area (Å²) in [6.45, 7) is 14.0. The monoisotopic (exact) mass is 228 g/mol. The Kier molecular flexibility index (Phi) is 5.73. The van der Waals surface area contributed by atoms with Gasteiger partial charge in [-0.05, 0) is 26.8 Å². The van der Waals surface area contributed by atoms with Gasteiger partial charge in [0.25, 0.3) is 0 Å². The lowest BCUT2D eigenvalue weighted by molar-refractivity contribution is -0.0975. The Hall–Kier alpha value is -0.120. The van der Waals surface area contributed by atoms with Crippen molar-refractivity contribution in [3.63, 3.8) is 0 Å². The summed E-state index contributed by atoms with van der Waals surface area (Å²) in [6.07, 6.45) is 2.54. The molecule has 1 heterocycles. The van der Waals surface area contributed by atoms with Gasteiger partial charge < -0.3 is 10.1 Å². The smallest absolute Gasteiger partial charge is 0.0753 e. The van der Waals surface area contributed by atoms with E-state index in [0.717, 1.165) is 32.8 Å². The molecule has 1 atom stereocenters. The van der Waals surface area contributed by atoms with Crippen molar-refractivity contribution in [3.8, 4) is 0 Å².